The summed E-state index contributed by atoms with van der Waals surface area (Å²) >= 11 is 7.25. The van der Waals surface area contributed by atoms with Crippen molar-refractivity contribution >= 4 is 23.4 Å². The van der Waals surface area contributed by atoms with Gasteiger partial charge in [-0.2, -0.15) is 0 Å². The molecule has 13 heavy (non-hydrogen) atoms. The molecule has 0 aliphatic rings. The highest BCUT2D eigenvalue weighted by molar-refractivity contribution is 7.98. The van der Waals surface area contributed by atoms with E-state index in [1.807, 2.05) is 12.1 Å². The van der Waals surface area contributed by atoms with E-state index in [-0.39, 0.29) is 0 Å². The standard InChI is InChI=1S/C11H11ClS/c1-13-11-7-4-6-10(9-11)5-2-3-8-12/h4,6-7,9H,3,8H2,1H3. The van der Waals surface area contributed by atoms with Crippen LogP contribution in [0.1, 0.15) is 12.0 Å². The van der Waals surface area contributed by atoms with Gasteiger partial charge in [-0.15, -0.1) is 23.4 Å². The maximum Gasteiger partial charge on any atom is 0.0333 e. The Morgan fingerprint density at radius 2 is 2.31 bits per heavy atom. The molecule has 0 bridgehead atoms. The number of benzene rings is 1. The number of alkyl halides is 1. The van der Waals surface area contributed by atoms with Crippen molar-refractivity contribution in [3.63, 3.8) is 0 Å². The zero-order chi connectivity index (χ0) is 9.52. The Bertz CT molecular complexity index is 322. The minimum atomic E-state index is 0.606. The van der Waals surface area contributed by atoms with Gasteiger partial charge in [-0.05, 0) is 24.5 Å². The first-order chi connectivity index (χ1) is 6.36. The molecule has 0 aliphatic heterocycles. The minimum Gasteiger partial charge on any atom is -0.130 e. The van der Waals surface area contributed by atoms with Crippen molar-refractivity contribution in [2.45, 2.75) is 11.3 Å². The van der Waals surface area contributed by atoms with E-state index in [1.165, 1.54) is 4.90 Å². The zero-order valence-corrected chi connectivity index (χ0v) is 9.08. The average Bonchev–Trinajstić information content (AvgIpc) is 2.19. The topological polar surface area (TPSA) is 0 Å². The normalized spacial score (nSPS) is 9.08. The fraction of sp³-hybridized carbons (Fsp3) is 0.273. The summed E-state index contributed by atoms with van der Waals surface area (Å²) in [5, 5.41) is 0. The van der Waals surface area contributed by atoms with Crippen LogP contribution in [0.3, 0.4) is 0 Å². The van der Waals surface area contributed by atoms with Gasteiger partial charge >= 0.3 is 0 Å². The molecule has 0 aliphatic carbocycles. The Balaban J connectivity index is 2.73. The fourth-order valence-corrected chi connectivity index (χ4v) is 1.47. The van der Waals surface area contributed by atoms with Gasteiger partial charge in [0.05, 0.1) is 0 Å². The van der Waals surface area contributed by atoms with Gasteiger partial charge < -0.3 is 0 Å². The molecule has 0 saturated heterocycles. The minimum absolute atomic E-state index is 0.606. The van der Waals surface area contributed by atoms with Crippen molar-refractivity contribution in [1.82, 2.24) is 0 Å². The molecule has 0 atom stereocenters. The molecule has 0 N–H and O–H groups in total. The molecular formula is C11H11ClS. The Labute approximate surface area is 88.7 Å². The van der Waals surface area contributed by atoms with Crippen molar-refractivity contribution < 1.29 is 0 Å². The van der Waals surface area contributed by atoms with Gasteiger partial charge in [0, 0.05) is 22.8 Å². The molecule has 0 unspecified atom stereocenters. The third-order valence-corrected chi connectivity index (χ3v) is 2.44. The Hall–Kier alpha value is -0.580. The largest absolute Gasteiger partial charge is 0.130 e. The van der Waals surface area contributed by atoms with Crippen molar-refractivity contribution in [2.24, 2.45) is 0 Å². The summed E-state index contributed by atoms with van der Waals surface area (Å²) in [6.45, 7) is 0. The van der Waals surface area contributed by atoms with E-state index in [0.717, 1.165) is 12.0 Å². The third kappa shape index (κ3) is 3.76. The Kier molecular flexibility index (Phi) is 4.82. The highest BCUT2D eigenvalue weighted by Crippen LogP contribution is 2.14. The Morgan fingerprint density at radius 1 is 1.46 bits per heavy atom. The molecule has 0 radical (unpaired) electrons. The van der Waals surface area contributed by atoms with E-state index in [9.17, 15) is 0 Å². The van der Waals surface area contributed by atoms with Crippen molar-refractivity contribution in [1.29, 1.82) is 0 Å². The summed E-state index contributed by atoms with van der Waals surface area (Å²) in [4.78, 5) is 1.25. The molecule has 1 rings (SSSR count). The molecule has 0 saturated carbocycles. The summed E-state index contributed by atoms with van der Waals surface area (Å²) in [6, 6.07) is 8.21. The highest BCUT2D eigenvalue weighted by Gasteiger charge is 1.89. The second kappa shape index (κ2) is 5.96. The van der Waals surface area contributed by atoms with Crippen molar-refractivity contribution in [2.75, 3.05) is 12.1 Å². The second-order valence-electron chi connectivity index (χ2n) is 2.47. The molecule has 0 aromatic heterocycles. The number of thioether (sulfide) groups is 1. The molecule has 0 fully saturated rings. The van der Waals surface area contributed by atoms with Crippen LogP contribution in [-0.4, -0.2) is 12.1 Å². The average molecular weight is 211 g/mol. The maximum absolute atomic E-state index is 5.52. The van der Waals surface area contributed by atoms with Gasteiger partial charge in [0.25, 0.3) is 0 Å². The summed E-state index contributed by atoms with van der Waals surface area (Å²) in [6.07, 6.45) is 2.82. The Morgan fingerprint density at radius 3 is 3.00 bits per heavy atom. The summed E-state index contributed by atoms with van der Waals surface area (Å²) in [5.74, 6) is 6.69. The van der Waals surface area contributed by atoms with Crippen LogP contribution in [0.15, 0.2) is 29.2 Å². The van der Waals surface area contributed by atoms with Crippen LogP contribution in [0.4, 0.5) is 0 Å². The van der Waals surface area contributed by atoms with Crippen LogP contribution < -0.4 is 0 Å². The molecule has 0 nitrogen and oxygen atoms in total. The predicted molar refractivity (Wildman–Crippen MR) is 60.4 cm³/mol. The summed E-state index contributed by atoms with van der Waals surface area (Å²) in [5.41, 5.74) is 1.07. The number of hydrogen-bond donors (Lipinski definition) is 0. The van der Waals surface area contributed by atoms with Crippen LogP contribution in [0.2, 0.25) is 0 Å². The van der Waals surface area contributed by atoms with Crippen molar-refractivity contribution in [3.05, 3.63) is 29.8 Å². The molecule has 0 amide bonds. The van der Waals surface area contributed by atoms with E-state index < -0.39 is 0 Å². The van der Waals surface area contributed by atoms with Gasteiger partial charge in [-0.1, -0.05) is 17.9 Å². The lowest BCUT2D eigenvalue weighted by Gasteiger charge is -1.95. The first-order valence-corrected chi connectivity index (χ1v) is 5.81. The quantitative estimate of drug-likeness (QED) is 0.410. The van der Waals surface area contributed by atoms with E-state index in [1.54, 1.807) is 11.8 Å². The maximum atomic E-state index is 5.52. The van der Waals surface area contributed by atoms with Crippen LogP contribution in [0, 0.1) is 11.8 Å². The molecule has 0 heterocycles. The molecule has 1 aromatic carbocycles. The SMILES string of the molecule is CSc1cccc(C#CCCCl)c1. The summed E-state index contributed by atoms with van der Waals surface area (Å²) in [7, 11) is 0. The number of halogens is 1. The van der Waals surface area contributed by atoms with Gasteiger partial charge in [0.1, 0.15) is 0 Å². The molecular weight excluding hydrogens is 200 g/mol. The molecule has 1 aromatic rings. The number of hydrogen-bond acceptors (Lipinski definition) is 1. The first kappa shape index (κ1) is 10.5. The van der Waals surface area contributed by atoms with Crippen molar-refractivity contribution in [3.8, 4) is 11.8 Å². The fourth-order valence-electron chi connectivity index (χ4n) is 0.913. The van der Waals surface area contributed by atoms with Crippen LogP contribution >= 0.6 is 23.4 Å². The van der Waals surface area contributed by atoms with E-state index in [4.69, 9.17) is 11.6 Å². The molecule has 68 valence electrons. The molecule has 2 heteroatoms. The smallest absolute Gasteiger partial charge is 0.0333 e. The predicted octanol–water partition coefficient (Wildman–Crippen LogP) is 3.39. The zero-order valence-electron chi connectivity index (χ0n) is 7.51. The summed E-state index contributed by atoms with van der Waals surface area (Å²) < 4.78 is 0. The van der Waals surface area contributed by atoms with Gasteiger partial charge in [-0.3, -0.25) is 0 Å². The van der Waals surface area contributed by atoms with E-state index in [0.29, 0.717) is 5.88 Å². The van der Waals surface area contributed by atoms with Gasteiger partial charge in [0.15, 0.2) is 0 Å². The van der Waals surface area contributed by atoms with Gasteiger partial charge in [0.2, 0.25) is 0 Å². The lowest BCUT2D eigenvalue weighted by atomic mass is 10.2. The molecule has 0 spiro atoms. The van der Waals surface area contributed by atoms with Crippen LogP contribution in [-0.2, 0) is 0 Å². The first-order valence-electron chi connectivity index (χ1n) is 4.05. The highest BCUT2D eigenvalue weighted by atomic mass is 35.5. The monoisotopic (exact) mass is 210 g/mol. The van der Waals surface area contributed by atoms with E-state index >= 15 is 0 Å². The van der Waals surface area contributed by atoms with E-state index in [2.05, 4.69) is 30.2 Å². The number of rotatable bonds is 2. The lowest BCUT2D eigenvalue weighted by Crippen LogP contribution is -1.75. The van der Waals surface area contributed by atoms with Crippen LogP contribution in [0.25, 0.3) is 0 Å². The van der Waals surface area contributed by atoms with Gasteiger partial charge in [-0.25, -0.2) is 0 Å². The van der Waals surface area contributed by atoms with Crippen LogP contribution in [0.5, 0.6) is 0 Å². The second-order valence-corrected chi connectivity index (χ2v) is 3.73. The third-order valence-electron chi connectivity index (χ3n) is 1.52. The lowest BCUT2D eigenvalue weighted by molar-refractivity contribution is 1.29.